The molecule has 1 aliphatic heterocycles. The molecular formula is C5H4AlCl7. The summed E-state index contributed by atoms with van der Waals surface area (Å²) >= 11 is 33.5. The second-order valence-corrected chi connectivity index (χ2v) is 11.2. The Labute approximate surface area is 115 Å². The summed E-state index contributed by atoms with van der Waals surface area (Å²) in [5.41, 5.74) is 0. The van der Waals surface area contributed by atoms with Crippen molar-refractivity contribution in [2.24, 2.45) is 0 Å². The van der Waals surface area contributed by atoms with Crippen LogP contribution in [-0.4, -0.2) is 36.8 Å². The normalized spacial score (nSPS) is 45.0. The first-order chi connectivity index (χ1) is 5.80. The molecule has 1 fully saturated rings. The molecule has 0 bridgehead atoms. The maximum absolute atomic E-state index is 6.03. The van der Waals surface area contributed by atoms with Crippen molar-refractivity contribution in [1.82, 2.24) is 0 Å². The van der Waals surface area contributed by atoms with Crippen molar-refractivity contribution < 1.29 is 0 Å². The first-order valence-electron chi connectivity index (χ1n) is 3.38. The van der Waals surface area contributed by atoms with Gasteiger partial charge in [0.1, 0.15) is 3.20 Å². The van der Waals surface area contributed by atoms with Gasteiger partial charge in [0.25, 0.3) is 0 Å². The van der Waals surface area contributed by atoms with Crippen LogP contribution in [0.5, 0.6) is 0 Å². The quantitative estimate of drug-likeness (QED) is 0.464. The molecule has 0 aliphatic carbocycles. The van der Waals surface area contributed by atoms with Crippen LogP contribution in [0, 0.1) is 0 Å². The molecule has 0 saturated carbocycles. The van der Waals surface area contributed by atoms with Gasteiger partial charge in [0.15, 0.2) is 0 Å². The van der Waals surface area contributed by atoms with E-state index in [4.69, 9.17) is 79.7 Å². The molecule has 0 N–H and O–H groups in total. The molecule has 0 amide bonds. The van der Waals surface area contributed by atoms with Gasteiger partial charge < -0.3 is 0 Å². The van der Waals surface area contributed by atoms with Crippen molar-refractivity contribution in [2.75, 3.05) is 0 Å². The Bertz CT molecular complexity index is 179. The Kier molecular flexibility index (Phi) is 5.06. The number of hydrogen-bond acceptors (Lipinski definition) is 0. The fraction of sp³-hybridized carbons (Fsp3) is 1.00. The van der Waals surface area contributed by atoms with E-state index in [9.17, 15) is 0 Å². The minimum absolute atomic E-state index is 0.462. The molecule has 1 rings (SSSR count). The van der Waals surface area contributed by atoms with Crippen LogP contribution in [0.1, 0.15) is 0 Å². The van der Waals surface area contributed by atoms with Gasteiger partial charge in [-0.3, -0.25) is 10.0 Å². The van der Waals surface area contributed by atoms with E-state index in [1.165, 1.54) is 0 Å². The van der Waals surface area contributed by atoms with Crippen molar-refractivity contribution >= 4 is 92.9 Å². The standard InChI is InChI=1S/C5H4Cl6.Al.ClH/c6-1-2(7)3(8)4(9)5(10)11;;/h1-4H;;1H/q;+1;/p-1. The van der Waals surface area contributed by atoms with E-state index in [2.05, 4.69) is 0 Å². The highest BCUT2D eigenvalue weighted by molar-refractivity contribution is 7.19. The molecule has 1 heterocycles. The Morgan fingerprint density at radius 3 is 1.85 bits per heavy atom. The molecule has 0 aromatic carbocycles. The van der Waals surface area contributed by atoms with E-state index in [1.807, 2.05) is 0 Å². The number of hydrogen-bond donors (Lipinski definition) is 0. The summed E-state index contributed by atoms with van der Waals surface area (Å²) < 4.78 is -1.68. The molecule has 8 heteroatoms. The van der Waals surface area contributed by atoms with Crippen LogP contribution in [0.4, 0.5) is 0 Å². The SMILES string of the molecule is ClC1C(Cl)C(Cl)[C](Cl)(Cl)[Al]([Cl])[CH]1Cl. The van der Waals surface area contributed by atoms with E-state index in [1.54, 1.807) is 0 Å². The number of alkyl halides is 6. The van der Waals surface area contributed by atoms with Gasteiger partial charge in [0.2, 0.25) is 0 Å². The van der Waals surface area contributed by atoms with E-state index in [-0.39, 0.29) is 0 Å². The predicted molar refractivity (Wildman–Crippen MR) is 64.6 cm³/mol. The number of halogens is 7. The average Bonchev–Trinajstić information content (AvgIpc) is 2.09. The smallest absolute Gasteiger partial charge is 0.255 e. The molecule has 0 aromatic rings. The summed E-state index contributed by atoms with van der Waals surface area (Å²) in [4.78, 5) is 0. The lowest BCUT2D eigenvalue weighted by Gasteiger charge is -2.40. The van der Waals surface area contributed by atoms with Gasteiger partial charge in [0, 0.05) is 4.24 Å². The largest absolute Gasteiger partial charge is 0.467 e. The van der Waals surface area contributed by atoms with Gasteiger partial charge in [-0.1, -0.05) is 0 Å². The highest BCUT2D eigenvalue weighted by Gasteiger charge is 2.60. The van der Waals surface area contributed by atoms with E-state index in [0.717, 1.165) is 0 Å². The van der Waals surface area contributed by atoms with Crippen molar-refractivity contribution in [2.45, 2.75) is 23.6 Å². The zero-order valence-electron chi connectivity index (χ0n) is 6.03. The molecular weight excluding hydrogens is 335 g/mol. The highest BCUT2D eigenvalue weighted by atomic mass is 35.6. The topological polar surface area (TPSA) is 0 Å². The maximum atomic E-state index is 6.03. The monoisotopic (exact) mass is 336 g/mol. The third kappa shape index (κ3) is 2.46. The van der Waals surface area contributed by atoms with E-state index < -0.39 is 36.8 Å². The first kappa shape index (κ1) is 13.6. The summed E-state index contributed by atoms with van der Waals surface area (Å²) in [7, 11) is 6.03. The zero-order chi connectivity index (χ0) is 10.4. The van der Waals surface area contributed by atoms with Crippen LogP contribution < -0.4 is 0 Å². The Morgan fingerprint density at radius 2 is 1.38 bits per heavy atom. The van der Waals surface area contributed by atoms with Gasteiger partial charge >= 0.3 is 13.2 Å². The van der Waals surface area contributed by atoms with Crippen LogP contribution >= 0.6 is 79.7 Å². The fourth-order valence-electron chi connectivity index (χ4n) is 1.08. The van der Waals surface area contributed by atoms with Gasteiger partial charge in [-0.05, 0) is 0 Å². The second kappa shape index (κ2) is 4.82. The number of rotatable bonds is 0. The molecule has 13 heavy (non-hydrogen) atoms. The Balaban J connectivity index is 2.93. The molecule has 76 valence electrons. The summed E-state index contributed by atoms with van der Waals surface area (Å²) in [5.74, 6) is 0. The first-order valence-corrected chi connectivity index (χ1v) is 8.87. The minimum atomic E-state index is -2.13. The van der Waals surface area contributed by atoms with Crippen molar-refractivity contribution in [3.05, 3.63) is 0 Å². The van der Waals surface area contributed by atoms with Crippen LogP contribution in [0.15, 0.2) is 0 Å². The molecule has 0 aromatic heterocycles. The van der Waals surface area contributed by atoms with Crippen molar-refractivity contribution in [3.63, 3.8) is 0 Å². The third-order valence-corrected chi connectivity index (χ3v) is 12.5. The average molecular weight is 339 g/mol. The maximum Gasteiger partial charge on any atom is 0.467 e. The summed E-state index contributed by atoms with van der Waals surface area (Å²) in [6, 6.07) is 0. The molecule has 0 spiro atoms. The summed E-state index contributed by atoms with van der Waals surface area (Å²) in [5, 5.41) is -1.71. The molecule has 4 unspecified atom stereocenters. The van der Waals surface area contributed by atoms with Crippen LogP contribution in [0.25, 0.3) is 0 Å². The fourth-order valence-corrected chi connectivity index (χ4v) is 8.14. The third-order valence-electron chi connectivity index (χ3n) is 1.90. The van der Waals surface area contributed by atoms with Crippen molar-refractivity contribution in [3.8, 4) is 0 Å². The van der Waals surface area contributed by atoms with Crippen molar-refractivity contribution in [1.29, 1.82) is 0 Å². The zero-order valence-corrected chi connectivity index (χ0v) is 12.5. The van der Waals surface area contributed by atoms with Gasteiger partial charge in [-0.2, -0.15) is 0 Å². The lowest BCUT2D eigenvalue weighted by Crippen LogP contribution is -2.60. The van der Waals surface area contributed by atoms with Gasteiger partial charge in [-0.25, -0.2) is 0 Å². The molecule has 4 atom stereocenters. The lowest BCUT2D eigenvalue weighted by molar-refractivity contribution is 0.697. The molecule has 1 aliphatic rings. The van der Waals surface area contributed by atoms with E-state index in [0.29, 0.717) is 0 Å². The molecule has 1 saturated heterocycles. The van der Waals surface area contributed by atoms with E-state index >= 15 is 0 Å². The lowest BCUT2D eigenvalue weighted by atomic mass is 10.2. The van der Waals surface area contributed by atoms with Gasteiger partial charge in [0.05, 0.1) is 16.1 Å². The highest BCUT2D eigenvalue weighted by Crippen LogP contribution is 2.47. The summed E-state index contributed by atoms with van der Waals surface area (Å²) in [6.45, 7) is 0. The minimum Gasteiger partial charge on any atom is -0.255 e. The van der Waals surface area contributed by atoms with Crippen LogP contribution in [0.2, 0.25) is 0 Å². The van der Waals surface area contributed by atoms with Crippen LogP contribution in [-0.2, 0) is 0 Å². The summed E-state index contributed by atoms with van der Waals surface area (Å²) in [6.07, 6.45) is 0. The molecule has 0 nitrogen and oxygen atoms in total. The Hall–Kier alpha value is 2.56. The van der Waals surface area contributed by atoms with Crippen LogP contribution in [0.3, 0.4) is 0 Å². The molecule has 0 radical (unpaired) electrons. The van der Waals surface area contributed by atoms with Gasteiger partial charge in [-0.15, -0.1) is 69.6 Å². The predicted octanol–water partition coefficient (Wildman–Crippen LogP) is 3.91. The Morgan fingerprint density at radius 1 is 0.923 bits per heavy atom. The second-order valence-electron chi connectivity index (χ2n) is 2.81.